The Morgan fingerprint density at radius 3 is 2.70 bits per heavy atom. The van der Waals surface area contributed by atoms with E-state index < -0.39 is 5.41 Å². The SMILES string of the molecule is N#CC1(C(=O)N2CCn3ccnc3C2)CCCCCC1. The number of aromatic nitrogens is 2. The Labute approximate surface area is 119 Å². The van der Waals surface area contributed by atoms with E-state index in [-0.39, 0.29) is 5.91 Å². The molecule has 2 heterocycles. The molecule has 5 nitrogen and oxygen atoms in total. The second kappa shape index (κ2) is 5.28. The van der Waals surface area contributed by atoms with Crippen molar-refractivity contribution in [3.8, 4) is 6.07 Å². The minimum Gasteiger partial charge on any atom is -0.332 e. The number of nitrogens with zero attached hydrogens (tertiary/aromatic N) is 4. The number of carbonyl (C=O) groups excluding carboxylic acids is 1. The lowest BCUT2D eigenvalue weighted by atomic mass is 9.80. The fraction of sp³-hybridized carbons (Fsp3) is 0.667. The summed E-state index contributed by atoms with van der Waals surface area (Å²) in [4.78, 5) is 19.0. The van der Waals surface area contributed by atoms with Crippen molar-refractivity contribution in [3.05, 3.63) is 18.2 Å². The molecule has 0 bridgehead atoms. The molecular formula is C15H20N4O. The van der Waals surface area contributed by atoms with Crippen LogP contribution in [0.4, 0.5) is 0 Å². The van der Waals surface area contributed by atoms with E-state index in [4.69, 9.17) is 0 Å². The van der Waals surface area contributed by atoms with Crippen LogP contribution in [0.1, 0.15) is 44.3 Å². The predicted molar refractivity (Wildman–Crippen MR) is 73.4 cm³/mol. The van der Waals surface area contributed by atoms with Crippen molar-refractivity contribution < 1.29 is 4.79 Å². The number of hydrogen-bond donors (Lipinski definition) is 0. The van der Waals surface area contributed by atoms with E-state index >= 15 is 0 Å². The van der Waals surface area contributed by atoms with Crippen LogP contribution in [0.2, 0.25) is 0 Å². The molecule has 1 amide bonds. The second-order valence-corrected chi connectivity index (χ2v) is 5.87. The molecule has 3 rings (SSSR count). The smallest absolute Gasteiger partial charge is 0.243 e. The summed E-state index contributed by atoms with van der Waals surface area (Å²) >= 11 is 0. The zero-order valence-electron chi connectivity index (χ0n) is 11.7. The van der Waals surface area contributed by atoms with Gasteiger partial charge >= 0.3 is 0 Å². The minimum atomic E-state index is -0.786. The Kier molecular flexibility index (Phi) is 3.47. The minimum absolute atomic E-state index is 0.0242. The Hall–Kier alpha value is -1.83. The number of carbonyl (C=O) groups is 1. The molecule has 0 saturated heterocycles. The van der Waals surface area contributed by atoms with E-state index in [2.05, 4.69) is 15.6 Å². The highest BCUT2D eigenvalue weighted by molar-refractivity contribution is 5.85. The zero-order valence-corrected chi connectivity index (χ0v) is 11.7. The average molecular weight is 272 g/mol. The quantitative estimate of drug-likeness (QED) is 0.735. The summed E-state index contributed by atoms with van der Waals surface area (Å²) in [6, 6.07) is 2.35. The predicted octanol–water partition coefficient (Wildman–Crippen LogP) is 2.09. The van der Waals surface area contributed by atoms with Crippen LogP contribution in [-0.2, 0) is 17.9 Å². The van der Waals surface area contributed by atoms with Gasteiger partial charge in [-0.1, -0.05) is 25.7 Å². The highest BCUT2D eigenvalue weighted by Gasteiger charge is 2.42. The first-order valence-electron chi connectivity index (χ1n) is 7.46. The van der Waals surface area contributed by atoms with Crippen molar-refractivity contribution in [2.75, 3.05) is 6.54 Å². The number of fused-ring (bicyclic) bond motifs is 1. The van der Waals surface area contributed by atoms with Crippen LogP contribution in [0.3, 0.4) is 0 Å². The second-order valence-electron chi connectivity index (χ2n) is 5.87. The number of hydrogen-bond acceptors (Lipinski definition) is 3. The molecule has 1 saturated carbocycles. The normalized spacial score (nSPS) is 21.6. The van der Waals surface area contributed by atoms with Crippen molar-refractivity contribution in [1.82, 2.24) is 14.5 Å². The van der Waals surface area contributed by atoms with Crippen molar-refractivity contribution in [3.63, 3.8) is 0 Å². The Morgan fingerprint density at radius 2 is 2.00 bits per heavy atom. The maximum atomic E-state index is 12.9. The van der Waals surface area contributed by atoms with E-state index in [1.807, 2.05) is 11.1 Å². The average Bonchev–Trinajstić information content (AvgIpc) is 2.81. The molecule has 20 heavy (non-hydrogen) atoms. The molecule has 0 unspecified atom stereocenters. The van der Waals surface area contributed by atoms with E-state index in [1.165, 1.54) is 0 Å². The summed E-state index contributed by atoms with van der Waals surface area (Å²) in [6.07, 6.45) is 9.41. The Morgan fingerprint density at radius 1 is 1.25 bits per heavy atom. The maximum Gasteiger partial charge on any atom is 0.243 e. The first-order valence-corrected chi connectivity index (χ1v) is 7.46. The lowest BCUT2D eigenvalue weighted by molar-refractivity contribution is -0.141. The van der Waals surface area contributed by atoms with Crippen LogP contribution < -0.4 is 0 Å². The molecule has 5 heteroatoms. The lowest BCUT2D eigenvalue weighted by Gasteiger charge is -2.34. The van der Waals surface area contributed by atoms with Gasteiger partial charge in [-0.25, -0.2) is 4.98 Å². The number of imidazole rings is 1. The molecule has 0 atom stereocenters. The topological polar surface area (TPSA) is 61.9 Å². The summed E-state index contributed by atoms with van der Waals surface area (Å²) in [5, 5.41) is 9.60. The van der Waals surface area contributed by atoms with E-state index in [0.29, 0.717) is 25.9 Å². The third-order valence-corrected chi connectivity index (χ3v) is 4.61. The van der Waals surface area contributed by atoms with Gasteiger partial charge in [-0.2, -0.15) is 5.26 Å². The molecule has 1 fully saturated rings. The molecule has 0 radical (unpaired) electrons. The third kappa shape index (κ3) is 2.20. The highest BCUT2D eigenvalue weighted by Crippen LogP contribution is 2.37. The van der Waals surface area contributed by atoms with Crippen LogP contribution in [0, 0.1) is 16.7 Å². The fourth-order valence-corrected chi connectivity index (χ4v) is 3.36. The third-order valence-electron chi connectivity index (χ3n) is 4.61. The summed E-state index contributed by atoms with van der Waals surface area (Å²) in [5.74, 6) is 0.947. The number of amides is 1. The van der Waals surface area contributed by atoms with Gasteiger partial charge in [-0.15, -0.1) is 0 Å². The van der Waals surface area contributed by atoms with Crippen molar-refractivity contribution >= 4 is 5.91 Å². The van der Waals surface area contributed by atoms with E-state index in [9.17, 15) is 10.1 Å². The molecule has 2 aliphatic rings. The van der Waals surface area contributed by atoms with Gasteiger partial charge in [0.25, 0.3) is 0 Å². The van der Waals surface area contributed by atoms with Crippen molar-refractivity contribution in [1.29, 1.82) is 5.26 Å². The van der Waals surface area contributed by atoms with Crippen LogP contribution in [0.5, 0.6) is 0 Å². The number of rotatable bonds is 1. The molecule has 0 N–H and O–H groups in total. The van der Waals surface area contributed by atoms with E-state index in [0.717, 1.165) is 38.1 Å². The van der Waals surface area contributed by atoms with Gasteiger partial charge in [0.2, 0.25) is 5.91 Å². The molecule has 0 spiro atoms. The molecule has 0 aromatic carbocycles. The van der Waals surface area contributed by atoms with Crippen LogP contribution in [0.25, 0.3) is 0 Å². The molecule has 1 aromatic heterocycles. The molecule has 1 aromatic rings. The lowest BCUT2D eigenvalue weighted by Crippen LogP contribution is -2.46. The Bertz CT molecular complexity index is 534. The van der Waals surface area contributed by atoms with Gasteiger partial charge in [-0.05, 0) is 12.8 Å². The largest absolute Gasteiger partial charge is 0.332 e. The summed E-state index contributed by atoms with van der Waals surface area (Å²) in [6.45, 7) is 2.00. The molecule has 106 valence electrons. The zero-order chi connectivity index (χ0) is 14.0. The van der Waals surface area contributed by atoms with E-state index in [1.54, 1.807) is 6.20 Å². The van der Waals surface area contributed by atoms with Gasteiger partial charge < -0.3 is 9.47 Å². The summed E-state index contributed by atoms with van der Waals surface area (Å²) in [5.41, 5.74) is -0.786. The standard InChI is InChI=1S/C15H20N4O/c16-12-15(5-3-1-2-4-6-15)14(20)19-10-9-18-8-7-17-13(18)11-19/h7-8H,1-6,9-11H2. The van der Waals surface area contributed by atoms with Gasteiger partial charge in [0, 0.05) is 25.5 Å². The van der Waals surface area contributed by atoms with Gasteiger partial charge in [0.05, 0.1) is 12.6 Å². The maximum absolute atomic E-state index is 12.9. The number of nitriles is 1. The van der Waals surface area contributed by atoms with Crippen molar-refractivity contribution in [2.45, 2.75) is 51.6 Å². The first kappa shape index (κ1) is 13.2. The molecular weight excluding hydrogens is 252 g/mol. The van der Waals surface area contributed by atoms with Crippen LogP contribution in [-0.4, -0.2) is 26.9 Å². The Balaban J connectivity index is 1.79. The summed E-state index contributed by atoms with van der Waals surface area (Å²) in [7, 11) is 0. The van der Waals surface area contributed by atoms with Gasteiger partial charge in [-0.3, -0.25) is 4.79 Å². The molecule has 1 aliphatic heterocycles. The van der Waals surface area contributed by atoms with Crippen molar-refractivity contribution in [2.24, 2.45) is 5.41 Å². The van der Waals surface area contributed by atoms with Crippen LogP contribution >= 0.6 is 0 Å². The summed E-state index contributed by atoms with van der Waals surface area (Å²) < 4.78 is 2.08. The highest BCUT2D eigenvalue weighted by atomic mass is 16.2. The first-order chi connectivity index (χ1) is 9.75. The van der Waals surface area contributed by atoms with Gasteiger partial charge in [0.1, 0.15) is 11.2 Å². The van der Waals surface area contributed by atoms with Gasteiger partial charge in [0.15, 0.2) is 0 Å². The fourth-order valence-electron chi connectivity index (χ4n) is 3.36. The monoisotopic (exact) mass is 272 g/mol. The van der Waals surface area contributed by atoms with Crippen LogP contribution in [0.15, 0.2) is 12.4 Å². The molecule has 1 aliphatic carbocycles.